The highest BCUT2D eigenvalue weighted by Gasteiger charge is 2.06. The maximum atomic E-state index is 3.28. The second-order valence-corrected chi connectivity index (χ2v) is 5.52. The van der Waals surface area contributed by atoms with Crippen molar-refractivity contribution in [2.75, 3.05) is 21.1 Å². The van der Waals surface area contributed by atoms with Crippen molar-refractivity contribution in [2.45, 2.75) is 19.8 Å². The summed E-state index contributed by atoms with van der Waals surface area (Å²) in [5.74, 6) is 2.31. The molecule has 4 heteroatoms. The molecule has 0 heterocycles. The van der Waals surface area contributed by atoms with Gasteiger partial charge in [-0.05, 0) is 33.4 Å². The van der Waals surface area contributed by atoms with Crippen LogP contribution in [0.2, 0.25) is 0 Å². The summed E-state index contributed by atoms with van der Waals surface area (Å²) >= 11 is 0. The van der Waals surface area contributed by atoms with Crippen molar-refractivity contribution in [3.8, 4) is 0 Å². The average Bonchev–Trinajstić information content (AvgIpc) is 2.08. The maximum Gasteiger partial charge on any atom is 0.0688 e. The van der Waals surface area contributed by atoms with Gasteiger partial charge in [-0.1, -0.05) is 13.3 Å². The molecule has 0 amide bonds. The first kappa shape index (κ1) is 11.2. The number of hydrogen-bond donors (Lipinski definition) is 3. The van der Waals surface area contributed by atoms with E-state index in [1.54, 1.807) is 0 Å². The summed E-state index contributed by atoms with van der Waals surface area (Å²) < 4.78 is 0. The first-order chi connectivity index (χ1) is 5.24. The van der Waals surface area contributed by atoms with Crippen LogP contribution in [0.25, 0.3) is 0 Å². The molecule has 0 rings (SSSR count). The van der Waals surface area contributed by atoms with E-state index in [2.05, 4.69) is 28.0 Å². The summed E-state index contributed by atoms with van der Waals surface area (Å²) in [5, 5.41) is 9.85. The molecule has 0 bridgehead atoms. The fourth-order valence-corrected chi connectivity index (χ4v) is 2.80. The smallest absolute Gasteiger partial charge is 0.0688 e. The van der Waals surface area contributed by atoms with Gasteiger partial charge in [0.15, 0.2) is 0 Å². The zero-order chi connectivity index (χ0) is 8.74. The first-order valence-electron chi connectivity index (χ1n) is 4.04. The molecule has 0 aromatic carbocycles. The van der Waals surface area contributed by atoms with Gasteiger partial charge in [-0.25, -0.2) is 0 Å². The lowest BCUT2D eigenvalue weighted by molar-refractivity contribution is 1.01. The van der Waals surface area contributed by atoms with E-state index < -0.39 is 7.34 Å². The molecule has 0 fully saturated rings. The maximum absolute atomic E-state index is 3.28. The molecule has 68 valence electrons. The molecular weight excluding hydrogens is 157 g/mol. The molecule has 3 nitrogen and oxygen atoms in total. The highest BCUT2D eigenvalue weighted by atomic mass is 31.2. The Labute approximate surface area is 70.1 Å². The Morgan fingerprint density at radius 3 is 1.82 bits per heavy atom. The molecular formula is C7H20N3P. The second-order valence-electron chi connectivity index (χ2n) is 2.36. The van der Waals surface area contributed by atoms with E-state index in [9.17, 15) is 0 Å². The minimum Gasteiger partial charge on any atom is -0.278 e. The van der Waals surface area contributed by atoms with Gasteiger partial charge in [0.1, 0.15) is 0 Å². The van der Waals surface area contributed by atoms with E-state index in [4.69, 9.17) is 0 Å². The third-order valence-electron chi connectivity index (χ3n) is 1.75. The van der Waals surface area contributed by atoms with Crippen LogP contribution in [0.1, 0.15) is 19.8 Å². The average molecular weight is 177 g/mol. The van der Waals surface area contributed by atoms with E-state index in [1.165, 1.54) is 6.42 Å². The molecule has 0 saturated heterocycles. The Morgan fingerprint density at radius 2 is 1.55 bits per heavy atom. The lowest BCUT2D eigenvalue weighted by Gasteiger charge is -2.23. The first-order valence-corrected chi connectivity index (χ1v) is 5.90. The molecule has 0 aliphatic heterocycles. The molecule has 11 heavy (non-hydrogen) atoms. The van der Waals surface area contributed by atoms with Crippen molar-refractivity contribution in [2.24, 2.45) is 0 Å². The number of hydrogen-bond acceptors (Lipinski definition) is 3. The third kappa shape index (κ3) is 3.39. The highest BCUT2D eigenvalue weighted by molar-refractivity contribution is 7.69. The molecule has 0 spiro atoms. The van der Waals surface area contributed by atoms with Crippen LogP contribution >= 0.6 is 7.34 Å². The topological polar surface area (TPSA) is 36.1 Å². The van der Waals surface area contributed by atoms with E-state index in [0.29, 0.717) is 0 Å². The van der Waals surface area contributed by atoms with E-state index in [0.717, 1.165) is 6.42 Å². The molecule has 0 unspecified atom stereocenters. The fourth-order valence-electron chi connectivity index (χ4n) is 0.932. The molecule has 0 saturated carbocycles. The molecule has 0 aromatic heterocycles. The van der Waals surface area contributed by atoms with Gasteiger partial charge in [0, 0.05) is 0 Å². The van der Waals surface area contributed by atoms with Gasteiger partial charge < -0.3 is 0 Å². The molecule has 0 radical (unpaired) electrons. The summed E-state index contributed by atoms with van der Waals surface area (Å²) in [6, 6.07) is 0. The van der Waals surface area contributed by atoms with Crippen molar-refractivity contribution in [3.63, 3.8) is 0 Å². The summed E-state index contributed by atoms with van der Waals surface area (Å²) in [6.45, 7) is 2.19. The van der Waals surface area contributed by atoms with Crippen LogP contribution in [-0.2, 0) is 0 Å². The van der Waals surface area contributed by atoms with Crippen LogP contribution in [0.15, 0.2) is 0 Å². The molecule has 0 aromatic rings. The lowest BCUT2D eigenvalue weighted by atomic mass is 10.4. The Morgan fingerprint density at radius 1 is 1.09 bits per heavy atom. The Bertz CT molecular complexity index is 126. The third-order valence-corrected chi connectivity index (χ3v) is 4.67. The second kappa shape index (κ2) is 5.78. The van der Waals surface area contributed by atoms with Gasteiger partial charge in [-0.15, -0.1) is 0 Å². The van der Waals surface area contributed by atoms with Crippen molar-refractivity contribution in [1.82, 2.24) is 15.3 Å². The van der Waals surface area contributed by atoms with Crippen LogP contribution in [0.5, 0.6) is 0 Å². The van der Waals surface area contributed by atoms with Gasteiger partial charge in [-0.2, -0.15) is 0 Å². The highest BCUT2D eigenvalue weighted by Crippen LogP contribution is 2.29. The van der Waals surface area contributed by atoms with E-state index in [1.807, 2.05) is 21.1 Å². The number of nitrogens with one attached hydrogen (secondary N) is 3. The summed E-state index contributed by atoms with van der Waals surface area (Å²) in [7, 11) is 4.61. The van der Waals surface area contributed by atoms with Crippen LogP contribution in [-0.4, -0.2) is 26.9 Å². The lowest BCUT2D eigenvalue weighted by Crippen LogP contribution is -2.27. The van der Waals surface area contributed by atoms with E-state index >= 15 is 0 Å². The molecule has 0 aliphatic rings. The van der Waals surface area contributed by atoms with Gasteiger partial charge >= 0.3 is 0 Å². The predicted octanol–water partition coefficient (Wildman–Crippen LogP) is 1.01. The Kier molecular flexibility index (Phi) is 5.88. The van der Waals surface area contributed by atoms with Gasteiger partial charge in [0.05, 0.1) is 7.34 Å². The van der Waals surface area contributed by atoms with Gasteiger partial charge in [-0.3, -0.25) is 15.3 Å². The zero-order valence-corrected chi connectivity index (χ0v) is 8.83. The van der Waals surface area contributed by atoms with Crippen LogP contribution in [0, 0.1) is 0 Å². The van der Waals surface area contributed by atoms with Crippen molar-refractivity contribution < 1.29 is 0 Å². The minimum absolute atomic E-state index is 1.15. The summed E-state index contributed by atoms with van der Waals surface area (Å²) in [6.07, 6.45) is 2.35. The SMILES string of the molecule is CCCC=P(NC)(NC)NC. The van der Waals surface area contributed by atoms with Gasteiger partial charge in [0.2, 0.25) is 0 Å². The normalized spacial score (nSPS) is 11.6. The zero-order valence-electron chi connectivity index (χ0n) is 7.94. The number of rotatable bonds is 5. The summed E-state index contributed by atoms with van der Waals surface area (Å²) in [5.41, 5.74) is 0. The van der Waals surface area contributed by atoms with Crippen LogP contribution in [0.3, 0.4) is 0 Å². The van der Waals surface area contributed by atoms with Crippen LogP contribution < -0.4 is 15.3 Å². The fraction of sp³-hybridized carbons (Fsp3) is 0.857. The monoisotopic (exact) mass is 177 g/mol. The molecule has 0 atom stereocenters. The quantitative estimate of drug-likeness (QED) is 0.548. The van der Waals surface area contributed by atoms with Crippen LogP contribution in [0.4, 0.5) is 0 Å². The predicted molar refractivity (Wildman–Crippen MR) is 55.1 cm³/mol. The molecule has 3 N–H and O–H groups in total. The van der Waals surface area contributed by atoms with Crippen molar-refractivity contribution >= 4 is 13.1 Å². The van der Waals surface area contributed by atoms with Gasteiger partial charge in [0.25, 0.3) is 0 Å². The Balaban J connectivity index is 4.26. The number of unbranched alkanes of at least 4 members (excludes halogenated alkanes) is 1. The van der Waals surface area contributed by atoms with Crippen molar-refractivity contribution in [1.29, 1.82) is 0 Å². The standard InChI is InChI=1S/C7H20N3P/c1-5-6-7-11(8-2,9-3)10-4/h7-10H,5-6H2,1-4H3. The van der Waals surface area contributed by atoms with E-state index in [-0.39, 0.29) is 0 Å². The van der Waals surface area contributed by atoms with Crippen molar-refractivity contribution in [3.05, 3.63) is 0 Å². The summed E-state index contributed by atoms with van der Waals surface area (Å²) in [4.78, 5) is 0. The largest absolute Gasteiger partial charge is 0.278 e. The minimum atomic E-state index is -1.33. The molecule has 0 aliphatic carbocycles. The Hall–Kier alpha value is 0.180.